The highest BCUT2D eigenvalue weighted by Gasteiger charge is 2.31. The van der Waals surface area contributed by atoms with Crippen molar-refractivity contribution in [1.82, 2.24) is 20.2 Å². The molecule has 0 aliphatic heterocycles. The molecule has 1 aliphatic carbocycles. The van der Waals surface area contributed by atoms with E-state index in [1.807, 2.05) is 6.07 Å². The summed E-state index contributed by atoms with van der Waals surface area (Å²) in [4.78, 5) is 6.90. The molecule has 2 atom stereocenters. The maximum Gasteiger partial charge on any atom is 0.266 e. The third-order valence-corrected chi connectivity index (χ3v) is 6.66. The van der Waals surface area contributed by atoms with Crippen LogP contribution in [0.2, 0.25) is 5.02 Å². The van der Waals surface area contributed by atoms with Gasteiger partial charge in [-0.05, 0) is 37.5 Å². The maximum atomic E-state index is 14.7. The van der Waals surface area contributed by atoms with Crippen molar-refractivity contribution in [1.29, 1.82) is 0 Å². The Labute approximate surface area is 177 Å². The summed E-state index contributed by atoms with van der Waals surface area (Å²) in [5.41, 5.74) is 0.949. The number of hydrogen-bond donors (Lipinski definition) is 2. The van der Waals surface area contributed by atoms with Crippen molar-refractivity contribution < 1.29 is 17.5 Å². The lowest BCUT2D eigenvalue weighted by molar-refractivity contribution is 0.128. The summed E-state index contributed by atoms with van der Waals surface area (Å²) in [6.45, 7) is 0. The molecule has 11 heteroatoms. The van der Waals surface area contributed by atoms with Crippen LogP contribution >= 0.6 is 11.6 Å². The smallest absolute Gasteiger partial charge is 0.266 e. The molecule has 0 unspecified atom stereocenters. The zero-order chi connectivity index (χ0) is 21.1. The van der Waals surface area contributed by atoms with Gasteiger partial charge in [0.2, 0.25) is 0 Å². The normalized spacial score (nSPS) is 19.4. The summed E-state index contributed by atoms with van der Waals surface area (Å²) < 4.78 is 48.1. The van der Waals surface area contributed by atoms with E-state index in [-0.39, 0.29) is 28.6 Å². The number of aromatic amines is 1. The molecule has 0 bridgehead atoms. The number of sulfonamides is 1. The van der Waals surface area contributed by atoms with Gasteiger partial charge >= 0.3 is 0 Å². The van der Waals surface area contributed by atoms with Crippen molar-refractivity contribution in [3.8, 4) is 5.75 Å². The fourth-order valence-electron chi connectivity index (χ4n) is 3.58. The van der Waals surface area contributed by atoms with Crippen molar-refractivity contribution >= 4 is 27.4 Å². The fraction of sp³-hybridized carbons (Fsp3) is 0.316. The second-order valence-electron chi connectivity index (χ2n) is 6.97. The van der Waals surface area contributed by atoms with Crippen molar-refractivity contribution in [3.05, 3.63) is 59.5 Å². The van der Waals surface area contributed by atoms with Gasteiger partial charge in [0.05, 0.1) is 5.02 Å². The van der Waals surface area contributed by atoms with Crippen molar-refractivity contribution in [2.75, 3.05) is 4.72 Å². The van der Waals surface area contributed by atoms with E-state index in [0.29, 0.717) is 0 Å². The van der Waals surface area contributed by atoms with Crippen molar-refractivity contribution in [2.45, 2.75) is 42.6 Å². The Balaban J connectivity index is 1.58. The van der Waals surface area contributed by atoms with E-state index in [0.717, 1.165) is 43.5 Å². The lowest BCUT2D eigenvalue weighted by atomic mass is 9.84. The monoisotopic (exact) mass is 451 g/mol. The first kappa shape index (κ1) is 20.5. The van der Waals surface area contributed by atoms with Crippen LogP contribution in [-0.2, 0) is 10.0 Å². The number of aromatic nitrogens is 4. The minimum absolute atomic E-state index is 0.00777. The molecule has 2 N–H and O–H groups in total. The second kappa shape index (κ2) is 8.57. The minimum Gasteiger partial charge on any atom is -0.488 e. The molecule has 1 fully saturated rings. The first-order valence-corrected chi connectivity index (χ1v) is 11.2. The second-order valence-corrected chi connectivity index (χ2v) is 9.03. The molecule has 0 saturated heterocycles. The van der Waals surface area contributed by atoms with Crippen LogP contribution in [0.3, 0.4) is 0 Å². The van der Waals surface area contributed by atoms with Gasteiger partial charge in [0.15, 0.2) is 0 Å². The van der Waals surface area contributed by atoms with Crippen LogP contribution in [0.25, 0.3) is 0 Å². The fourth-order valence-corrected chi connectivity index (χ4v) is 4.95. The van der Waals surface area contributed by atoms with Gasteiger partial charge in [0.1, 0.15) is 34.7 Å². The number of ether oxygens (including phenoxy) is 1. The van der Waals surface area contributed by atoms with Crippen molar-refractivity contribution in [3.63, 3.8) is 0 Å². The van der Waals surface area contributed by atoms with Gasteiger partial charge in [0, 0.05) is 30.1 Å². The molecule has 2 heterocycles. The number of benzene rings is 1. The molecular weight excluding hydrogens is 433 g/mol. The molecule has 0 radical (unpaired) electrons. The van der Waals surface area contributed by atoms with E-state index < -0.39 is 20.7 Å². The topological polar surface area (TPSA) is 110 Å². The van der Waals surface area contributed by atoms with Gasteiger partial charge in [-0.1, -0.05) is 18.0 Å². The largest absolute Gasteiger partial charge is 0.488 e. The van der Waals surface area contributed by atoms with Crippen LogP contribution < -0.4 is 9.46 Å². The van der Waals surface area contributed by atoms with E-state index in [2.05, 4.69) is 24.9 Å². The highest BCUT2D eigenvalue weighted by molar-refractivity contribution is 7.92. The summed E-state index contributed by atoms with van der Waals surface area (Å²) in [6, 6.07) is 5.30. The van der Waals surface area contributed by atoms with Gasteiger partial charge in [-0.15, -0.1) is 0 Å². The maximum absolute atomic E-state index is 14.7. The van der Waals surface area contributed by atoms with Crippen LogP contribution in [0, 0.1) is 5.82 Å². The van der Waals surface area contributed by atoms with Gasteiger partial charge in [-0.3, -0.25) is 9.82 Å². The number of hydrogen-bond acceptors (Lipinski definition) is 6. The number of halogens is 2. The van der Waals surface area contributed by atoms with Crippen LogP contribution in [0.15, 0.2) is 47.9 Å². The molecule has 30 heavy (non-hydrogen) atoms. The van der Waals surface area contributed by atoms with E-state index in [1.165, 1.54) is 18.6 Å². The zero-order valence-corrected chi connectivity index (χ0v) is 17.3. The van der Waals surface area contributed by atoms with Gasteiger partial charge in [-0.25, -0.2) is 22.8 Å². The molecule has 158 valence electrons. The third kappa shape index (κ3) is 4.39. The summed E-state index contributed by atoms with van der Waals surface area (Å²) in [5, 5.41) is 6.97. The molecule has 8 nitrogen and oxygen atoms in total. The Hall–Kier alpha value is -2.72. The number of nitrogens with one attached hydrogen (secondary N) is 2. The zero-order valence-electron chi connectivity index (χ0n) is 15.8. The highest BCUT2D eigenvalue weighted by atomic mass is 35.5. The number of rotatable bonds is 6. The van der Waals surface area contributed by atoms with E-state index in [1.54, 1.807) is 6.20 Å². The quantitative estimate of drug-likeness (QED) is 0.588. The lowest BCUT2D eigenvalue weighted by Crippen LogP contribution is -2.29. The molecule has 1 aliphatic rings. The summed E-state index contributed by atoms with van der Waals surface area (Å²) in [6.07, 6.45) is 7.71. The standard InChI is InChI=1S/C19H19ClFN5O3S/c20-13-9-18(30(27,28)26-19-6-7-22-11-23-19)14(21)10-17(13)29-16-4-2-1-3-12(16)15-5-8-24-25-15/h5-12,16H,1-4H2,(H,24,25)(H,22,23,26)/t12-,16+/m0/s1. The number of anilines is 1. The first-order valence-electron chi connectivity index (χ1n) is 9.38. The average Bonchev–Trinajstić information content (AvgIpc) is 3.26. The summed E-state index contributed by atoms with van der Waals surface area (Å²) in [7, 11) is -4.23. The Morgan fingerprint density at radius 3 is 2.77 bits per heavy atom. The lowest BCUT2D eigenvalue weighted by Gasteiger charge is -2.31. The Kier molecular flexibility index (Phi) is 5.87. The Bertz CT molecular complexity index is 1110. The summed E-state index contributed by atoms with van der Waals surface area (Å²) in [5.74, 6) is -0.773. The highest BCUT2D eigenvalue weighted by Crippen LogP contribution is 2.38. The first-order chi connectivity index (χ1) is 14.4. The predicted octanol–water partition coefficient (Wildman–Crippen LogP) is 3.90. The van der Waals surface area contributed by atoms with Crippen LogP contribution in [0.5, 0.6) is 5.75 Å². The Morgan fingerprint density at radius 1 is 1.20 bits per heavy atom. The van der Waals surface area contributed by atoms with Crippen molar-refractivity contribution in [2.24, 2.45) is 0 Å². The number of H-pyrrole nitrogens is 1. The predicted molar refractivity (Wildman–Crippen MR) is 108 cm³/mol. The molecule has 1 saturated carbocycles. The number of nitrogens with zero attached hydrogens (tertiary/aromatic N) is 3. The molecule has 3 aromatic rings. The average molecular weight is 452 g/mol. The van der Waals surface area contributed by atoms with E-state index in [9.17, 15) is 12.8 Å². The summed E-state index contributed by atoms with van der Waals surface area (Å²) >= 11 is 6.27. The molecular formula is C19H19ClFN5O3S. The van der Waals surface area contributed by atoms with Crippen LogP contribution in [0.1, 0.15) is 37.3 Å². The van der Waals surface area contributed by atoms with Crippen LogP contribution in [0.4, 0.5) is 10.2 Å². The molecule has 1 aromatic carbocycles. The van der Waals surface area contributed by atoms with Gasteiger partial charge in [0.25, 0.3) is 10.0 Å². The third-order valence-electron chi connectivity index (χ3n) is 5.00. The van der Waals surface area contributed by atoms with E-state index >= 15 is 0 Å². The van der Waals surface area contributed by atoms with Crippen LogP contribution in [-0.4, -0.2) is 34.7 Å². The van der Waals surface area contributed by atoms with E-state index in [4.69, 9.17) is 16.3 Å². The molecule has 0 spiro atoms. The Morgan fingerprint density at radius 2 is 2.03 bits per heavy atom. The van der Waals surface area contributed by atoms with Gasteiger partial charge < -0.3 is 4.74 Å². The minimum atomic E-state index is -4.23. The molecule has 4 rings (SSSR count). The molecule has 0 amide bonds. The van der Waals surface area contributed by atoms with Gasteiger partial charge in [-0.2, -0.15) is 5.10 Å². The molecule has 2 aromatic heterocycles. The SMILES string of the molecule is O=S(=O)(Nc1ccncn1)c1cc(Cl)c(O[C@@H]2CCCC[C@H]2c2ccn[nH]2)cc1F.